The van der Waals surface area contributed by atoms with Crippen molar-refractivity contribution < 1.29 is 33.3 Å². The van der Waals surface area contributed by atoms with Crippen molar-refractivity contribution in [3.05, 3.63) is 69.2 Å². The van der Waals surface area contributed by atoms with E-state index in [-0.39, 0.29) is 41.1 Å². The van der Waals surface area contributed by atoms with Gasteiger partial charge < -0.3 is 23.7 Å². The lowest BCUT2D eigenvalue weighted by atomic mass is 9.75. The normalized spacial score (nSPS) is 19.7. The Morgan fingerprint density at radius 1 is 1.23 bits per heavy atom. The van der Waals surface area contributed by atoms with Crippen molar-refractivity contribution in [2.75, 3.05) is 26.9 Å². The van der Waals surface area contributed by atoms with Crippen LogP contribution < -0.4 is 0 Å². The Hall–Kier alpha value is -2.65. The van der Waals surface area contributed by atoms with E-state index in [0.29, 0.717) is 17.0 Å². The highest BCUT2D eigenvalue weighted by Crippen LogP contribution is 2.44. The summed E-state index contributed by atoms with van der Waals surface area (Å²) in [6.07, 6.45) is 1.45. The van der Waals surface area contributed by atoms with Crippen LogP contribution >= 0.6 is 23.2 Å². The van der Waals surface area contributed by atoms with E-state index < -0.39 is 29.4 Å². The summed E-state index contributed by atoms with van der Waals surface area (Å²) in [6.45, 7) is 4.69. The molecule has 0 bridgehead atoms. The molecule has 0 spiro atoms. The van der Waals surface area contributed by atoms with Gasteiger partial charge in [-0.15, -0.1) is 0 Å². The van der Waals surface area contributed by atoms with Gasteiger partial charge in [0.15, 0.2) is 0 Å². The Labute approximate surface area is 213 Å². The summed E-state index contributed by atoms with van der Waals surface area (Å²) in [5, 5.41) is 11.2. The molecule has 1 aliphatic heterocycles. The minimum atomic E-state index is -1.41. The van der Waals surface area contributed by atoms with Crippen LogP contribution in [0, 0.1) is 5.92 Å². The van der Waals surface area contributed by atoms with Crippen molar-refractivity contribution in [2.24, 2.45) is 10.9 Å². The predicted octanol–water partition coefficient (Wildman–Crippen LogP) is 4.68. The van der Waals surface area contributed by atoms with Crippen LogP contribution in [0.3, 0.4) is 0 Å². The summed E-state index contributed by atoms with van der Waals surface area (Å²) in [6, 6.07) is 8.27. The first-order valence-electron chi connectivity index (χ1n) is 10.9. The van der Waals surface area contributed by atoms with Crippen molar-refractivity contribution >= 4 is 40.9 Å². The number of rotatable bonds is 9. The number of carbonyl (C=O) groups is 2. The third-order valence-corrected chi connectivity index (χ3v) is 6.49. The number of benzene rings is 1. The predicted molar refractivity (Wildman–Crippen MR) is 131 cm³/mol. The molecule has 0 amide bonds. The molecular formula is C25H27Cl2NO7. The smallest absolute Gasteiger partial charge is 0.336 e. The molecule has 10 heteroatoms. The SMILES string of the molecule is CCOC(=O)C1=C(COCC(C)(O)c2ccco2)N=C(C)C(C(=O)OC)C1c1cccc(Cl)c1Cl. The van der Waals surface area contributed by atoms with Gasteiger partial charge in [0.1, 0.15) is 17.3 Å². The fourth-order valence-electron chi connectivity index (χ4n) is 4.03. The number of ether oxygens (including phenoxy) is 3. The molecule has 0 saturated carbocycles. The van der Waals surface area contributed by atoms with Gasteiger partial charge in [-0.25, -0.2) is 4.79 Å². The summed E-state index contributed by atoms with van der Waals surface area (Å²) >= 11 is 12.8. The molecule has 2 heterocycles. The van der Waals surface area contributed by atoms with Gasteiger partial charge in [0.2, 0.25) is 0 Å². The van der Waals surface area contributed by atoms with E-state index in [1.807, 2.05) is 0 Å². The average Bonchev–Trinajstić information content (AvgIpc) is 3.36. The minimum Gasteiger partial charge on any atom is -0.468 e. The van der Waals surface area contributed by atoms with Gasteiger partial charge >= 0.3 is 11.9 Å². The molecule has 0 fully saturated rings. The second-order valence-electron chi connectivity index (χ2n) is 8.20. The van der Waals surface area contributed by atoms with E-state index in [1.165, 1.54) is 13.4 Å². The van der Waals surface area contributed by atoms with E-state index in [0.717, 1.165) is 0 Å². The van der Waals surface area contributed by atoms with Crippen LogP contribution in [0.2, 0.25) is 10.0 Å². The van der Waals surface area contributed by atoms with Gasteiger partial charge in [-0.2, -0.15) is 0 Å². The summed E-state index contributed by atoms with van der Waals surface area (Å²) in [7, 11) is 1.26. The highest BCUT2D eigenvalue weighted by Gasteiger charge is 2.44. The number of furan rings is 1. The molecule has 35 heavy (non-hydrogen) atoms. The summed E-state index contributed by atoms with van der Waals surface area (Å²) in [4.78, 5) is 30.6. The number of esters is 2. The second kappa shape index (κ2) is 11.4. The number of carbonyl (C=O) groups excluding carboxylic acids is 2. The standard InChI is InChI=1S/C25H27Cl2NO7/c1-5-34-24(30)21-17(12-33-13-25(3,31)18-10-7-11-35-18)28-14(2)19(23(29)32-4)20(21)15-8-6-9-16(26)22(15)27/h6-11,19-20,31H,5,12-13H2,1-4H3. The van der Waals surface area contributed by atoms with Crippen LogP contribution in [-0.4, -0.2) is 49.7 Å². The highest BCUT2D eigenvalue weighted by molar-refractivity contribution is 6.42. The first kappa shape index (κ1) is 26.9. The van der Waals surface area contributed by atoms with Crippen LogP contribution in [0.5, 0.6) is 0 Å². The number of halogens is 2. The fraction of sp³-hybridized carbons (Fsp3) is 0.400. The summed E-state index contributed by atoms with van der Waals surface area (Å²) < 4.78 is 21.4. The molecule has 2 aromatic rings. The summed E-state index contributed by atoms with van der Waals surface area (Å²) in [5.41, 5.74) is -0.201. The lowest BCUT2D eigenvalue weighted by molar-refractivity contribution is -0.144. The van der Waals surface area contributed by atoms with Gasteiger partial charge in [0.05, 0.1) is 54.5 Å². The van der Waals surface area contributed by atoms with E-state index in [1.54, 1.807) is 51.1 Å². The van der Waals surface area contributed by atoms with Crippen LogP contribution in [-0.2, 0) is 29.4 Å². The molecule has 1 aliphatic rings. The molecule has 0 saturated heterocycles. The molecule has 1 aromatic carbocycles. The number of nitrogens with zero attached hydrogens (tertiary/aromatic N) is 1. The van der Waals surface area contributed by atoms with Gasteiger partial charge in [-0.3, -0.25) is 9.79 Å². The molecule has 3 unspecified atom stereocenters. The quantitative estimate of drug-likeness (QED) is 0.475. The highest BCUT2D eigenvalue weighted by atomic mass is 35.5. The van der Waals surface area contributed by atoms with E-state index in [4.69, 9.17) is 41.8 Å². The second-order valence-corrected chi connectivity index (χ2v) is 8.98. The Kier molecular flexibility index (Phi) is 8.77. The number of aliphatic imine (C=N–C) groups is 1. The molecule has 3 atom stereocenters. The summed E-state index contributed by atoms with van der Waals surface area (Å²) in [5.74, 6) is -2.75. The van der Waals surface area contributed by atoms with E-state index in [2.05, 4.69) is 4.99 Å². The number of methoxy groups -OCH3 is 1. The fourth-order valence-corrected chi connectivity index (χ4v) is 4.45. The lowest BCUT2D eigenvalue weighted by Crippen LogP contribution is -2.37. The van der Waals surface area contributed by atoms with Gasteiger partial charge in [-0.1, -0.05) is 35.3 Å². The Morgan fingerprint density at radius 2 is 1.97 bits per heavy atom. The van der Waals surface area contributed by atoms with E-state index >= 15 is 0 Å². The van der Waals surface area contributed by atoms with Gasteiger partial charge in [-0.05, 0) is 44.5 Å². The third-order valence-electron chi connectivity index (χ3n) is 5.66. The zero-order valence-electron chi connectivity index (χ0n) is 19.8. The Bertz CT molecular complexity index is 1140. The molecule has 8 nitrogen and oxygen atoms in total. The molecule has 1 aromatic heterocycles. The van der Waals surface area contributed by atoms with Crippen molar-refractivity contribution in [1.82, 2.24) is 0 Å². The molecule has 3 rings (SSSR count). The van der Waals surface area contributed by atoms with Crippen LogP contribution in [0.1, 0.15) is 38.0 Å². The molecule has 1 N–H and O–H groups in total. The molecule has 0 radical (unpaired) electrons. The minimum absolute atomic E-state index is 0.102. The zero-order valence-corrected chi connectivity index (χ0v) is 21.4. The van der Waals surface area contributed by atoms with Crippen LogP contribution in [0.25, 0.3) is 0 Å². The van der Waals surface area contributed by atoms with Crippen molar-refractivity contribution in [1.29, 1.82) is 0 Å². The maximum absolute atomic E-state index is 13.2. The molecular weight excluding hydrogens is 497 g/mol. The Balaban J connectivity index is 2.07. The maximum Gasteiger partial charge on any atom is 0.336 e. The average molecular weight is 524 g/mol. The van der Waals surface area contributed by atoms with E-state index in [9.17, 15) is 14.7 Å². The van der Waals surface area contributed by atoms with Crippen molar-refractivity contribution in [3.8, 4) is 0 Å². The topological polar surface area (TPSA) is 108 Å². The lowest BCUT2D eigenvalue weighted by Gasteiger charge is -2.32. The Morgan fingerprint density at radius 3 is 2.60 bits per heavy atom. The number of hydrogen-bond acceptors (Lipinski definition) is 8. The maximum atomic E-state index is 13.2. The third kappa shape index (κ3) is 5.78. The van der Waals surface area contributed by atoms with Crippen LogP contribution in [0.4, 0.5) is 0 Å². The zero-order chi connectivity index (χ0) is 25.8. The van der Waals surface area contributed by atoms with Gasteiger partial charge in [0.25, 0.3) is 0 Å². The number of hydrogen-bond donors (Lipinski definition) is 1. The van der Waals surface area contributed by atoms with Crippen molar-refractivity contribution in [2.45, 2.75) is 32.3 Å². The van der Waals surface area contributed by atoms with Crippen molar-refractivity contribution in [3.63, 3.8) is 0 Å². The first-order valence-corrected chi connectivity index (χ1v) is 11.7. The monoisotopic (exact) mass is 523 g/mol. The molecule has 0 aliphatic carbocycles. The van der Waals surface area contributed by atoms with Crippen LogP contribution in [0.15, 0.2) is 57.3 Å². The largest absolute Gasteiger partial charge is 0.468 e. The number of aliphatic hydroxyl groups is 1. The molecule has 188 valence electrons. The van der Waals surface area contributed by atoms with Gasteiger partial charge in [0, 0.05) is 11.6 Å². The first-order chi connectivity index (χ1) is 16.6.